The highest BCUT2D eigenvalue weighted by Crippen LogP contribution is 2.13. The predicted molar refractivity (Wildman–Crippen MR) is 81.5 cm³/mol. The molecule has 23 heavy (non-hydrogen) atoms. The summed E-state index contributed by atoms with van der Waals surface area (Å²) in [6.45, 7) is 4.45. The number of amides is 1. The summed E-state index contributed by atoms with van der Waals surface area (Å²) < 4.78 is 22.3. The minimum Gasteiger partial charge on any atom is -0.544 e. The maximum absolute atomic E-state index is 11.9. The Bertz CT molecular complexity index is 655. The van der Waals surface area contributed by atoms with Crippen LogP contribution in [-0.2, 0) is 19.6 Å². The summed E-state index contributed by atoms with van der Waals surface area (Å²) in [4.78, 5) is 22.9. The van der Waals surface area contributed by atoms with Crippen molar-refractivity contribution in [1.82, 2.24) is 0 Å². The van der Waals surface area contributed by atoms with Gasteiger partial charge in [0.2, 0.25) is 15.9 Å². The number of aliphatic carboxylic acids is 1. The lowest BCUT2D eigenvalue weighted by Crippen LogP contribution is -2.94. The number of sulfonamides is 1. The van der Waals surface area contributed by atoms with E-state index in [9.17, 15) is 23.1 Å². The van der Waals surface area contributed by atoms with Gasteiger partial charge < -0.3 is 20.5 Å². The second-order valence-corrected chi connectivity index (χ2v) is 7.17. The lowest BCUT2D eigenvalue weighted by Gasteiger charge is -2.17. The molecule has 0 aliphatic carbocycles. The normalized spacial score (nSPS) is 12.9. The quantitative estimate of drug-likeness (QED) is 0.500. The summed E-state index contributed by atoms with van der Waals surface area (Å²) in [5.41, 5.74) is 0.350. The fourth-order valence-corrected chi connectivity index (χ4v) is 2.35. The Morgan fingerprint density at radius 2 is 1.83 bits per heavy atom. The third kappa shape index (κ3) is 6.76. The molecule has 8 nitrogen and oxygen atoms in total. The van der Waals surface area contributed by atoms with Crippen molar-refractivity contribution in [3.8, 4) is 0 Å². The van der Waals surface area contributed by atoms with Gasteiger partial charge in [0.25, 0.3) is 0 Å². The maximum atomic E-state index is 11.9. The summed E-state index contributed by atoms with van der Waals surface area (Å²) in [6, 6.07) is 4.30. The van der Waals surface area contributed by atoms with Crippen LogP contribution in [0.1, 0.15) is 20.3 Å². The molecule has 0 radical (unpaired) electrons. The fraction of sp³-hybridized carbons (Fsp3) is 0.429. The lowest BCUT2D eigenvalue weighted by molar-refractivity contribution is -0.686. The molecule has 0 aliphatic heterocycles. The van der Waals surface area contributed by atoms with Gasteiger partial charge in [0, 0.05) is 11.6 Å². The molecule has 0 saturated heterocycles. The molecule has 1 amide bonds. The number of hydrogen-bond acceptors (Lipinski definition) is 5. The van der Waals surface area contributed by atoms with Crippen molar-refractivity contribution in [3.05, 3.63) is 24.3 Å². The average Bonchev–Trinajstić information content (AvgIpc) is 2.42. The standard InChI is InChI=1S/C14H21N3O5S/c1-9(2)8-16-12(14(19)20)7-13(18)17-10-3-5-11(6-4-10)23(15,21)22/h3-6,9,12,16H,7-8H2,1-2H3,(H,17,18)(H,19,20)(H2,15,21,22)/t12-/m1/s1. The minimum absolute atomic E-state index is 0.0756. The van der Waals surface area contributed by atoms with E-state index in [0.29, 0.717) is 12.2 Å². The zero-order valence-corrected chi connectivity index (χ0v) is 13.8. The second kappa shape index (κ2) is 8.04. The van der Waals surface area contributed by atoms with Crippen molar-refractivity contribution in [2.45, 2.75) is 31.2 Å². The number of benzene rings is 1. The highest BCUT2D eigenvalue weighted by atomic mass is 32.2. The van der Waals surface area contributed by atoms with Crippen LogP contribution < -0.4 is 20.9 Å². The van der Waals surface area contributed by atoms with Crippen LogP contribution in [0, 0.1) is 5.92 Å². The molecule has 0 saturated carbocycles. The highest BCUT2D eigenvalue weighted by Gasteiger charge is 2.19. The summed E-state index contributed by atoms with van der Waals surface area (Å²) in [5, 5.41) is 20.1. The number of nitrogens with two attached hydrogens (primary N) is 2. The van der Waals surface area contributed by atoms with E-state index in [1.165, 1.54) is 24.3 Å². The zero-order valence-electron chi connectivity index (χ0n) is 13.0. The Balaban J connectivity index is 2.65. The van der Waals surface area contributed by atoms with Crippen molar-refractivity contribution in [2.75, 3.05) is 11.9 Å². The van der Waals surface area contributed by atoms with Gasteiger partial charge in [0.05, 0.1) is 23.8 Å². The Kier molecular flexibility index (Phi) is 6.67. The first-order valence-corrected chi connectivity index (χ1v) is 8.61. The summed E-state index contributed by atoms with van der Waals surface area (Å²) in [6.07, 6.45) is -0.244. The molecule has 5 N–H and O–H groups in total. The number of primary sulfonamides is 1. The number of carboxylic acids is 1. The third-order valence-electron chi connectivity index (χ3n) is 3.07. The molecule has 128 valence electrons. The largest absolute Gasteiger partial charge is 0.544 e. The van der Waals surface area contributed by atoms with E-state index >= 15 is 0 Å². The molecule has 0 aliphatic rings. The lowest BCUT2D eigenvalue weighted by atomic mass is 10.1. The van der Waals surface area contributed by atoms with Crippen molar-refractivity contribution >= 4 is 27.6 Å². The molecule has 1 aromatic rings. The van der Waals surface area contributed by atoms with Gasteiger partial charge in [-0.3, -0.25) is 4.79 Å². The fourth-order valence-electron chi connectivity index (χ4n) is 1.84. The minimum atomic E-state index is -3.80. The van der Waals surface area contributed by atoms with Crippen LogP contribution in [0.15, 0.2) is 29.2 Å². The third-order valence-corrected chi connectivity index (χ3v) is 4.00. The van der Waals surface area contributed by atoms with Gasteiger partial charge in [-0.05, 0) is 24.3 Å². The Morgan fingerprint density at radius 3 is 2.26 bits per heavy atom. The van der Waals surface area contributed by atoms with E-state index in [1.807, 2.05) is 13.8 Å². The molecule has 1 aromatic carbocycles. The Hall–Kier alpha value is -1.97. The summed E-state index contributed by atoms with van der Waals surface area (Å²) in [5.74, 6) is -1.52. The highest BCUT2D eigenvalue weighted by molar-refractivity contribution is 7.89. The average molecular weight is 343 g/mol. The molecule has 0 fully saturated rings. The van der Waals surface area contributed by atoms with Crippen LogP contribution in [-0.4, -0.2) is 32.9 Å². The number of carbonyl (C=O) groups is 2. The van der Waals surface area contributed by atoms with Crippen LogP contribution in [0.4, 0.5) is 5.69 Å². The van der Waals surface area contributed by atoms with Crippen molar-refractivity contribution in [2.24, 2.45) is 11.1 Å². The van der Waals surface area contributed by atoms with Gasteiger partial charge in [-0.1, -0.05) is 13.8 Å². The molecule has 1 atom stereocenters. The number of carboxylic acid groups (broad SMARTS) is 1. The van der Waals surface area contributed by atoms with Crippen molar-refractivity contribution in [3.63, 3.8) is 0 Å². The van der Waals surface area contributed by atoms with E-state index < -0.39 is 27.9 Å². The van der Waals surface area contributed by atoms with Crippen LogP contribution in [0.25, 0.3) is 0 Å². The van der Waals surface area contributed by atoms with Gasteiger partial charge >= 0.3 is 0 Å². The van der Waals surface area contributed by atoms with Gasteiger partial charge in [-0.2, -0.15) is 0 Å². The van der Waals surface area contributed by atoms with Crippen molar-refractivity contribution in [1.29, 1.82) is 0 Å². The number of hydrogen-bond donors (Lipinski definition) is 3. The molecule has 1 rings (SSSR count). The SMILES string of the molecule is CC(C)C[NH2+][C@H](CC(=O)Nc1ccc(S(N)(=O)=O)cc1)C(=O)[O-]. The predicted octanol–water partition coefficient (Wildman–Crippen LogP) is -2.00. The van der Waals surface area contributed by atoms with Gasteiger partial charge in [-0.15, -0.1) is 0 Å². The number of anilines is 1. The van der Waals surface area contributed by atoms with E-state index in [0.717, 1.165) is 0 Å². The molecule has 0 bridgehead atoms. The topological polar surface area (TPSA) is 146 Å². The van der Waals surface area contributed by atoms with E-state index in [2.05, 4.69) is 5.32 Å². The summed E-state index contributed by atoms with van der Waals surface area (Å²) in [7, 11) is -3.80. The van der Waals surface area contributed by atoms with Crippen LogP contribution >= 0.6 is 0 Å². The number of quaternary nitrogens is 1. The maximum Gasteiger partial charge on any atom is 0.238 e. The zero-order chi connectivity index (χ0) is 17.6. The first-order chi connectivity index (χ1) is 10.6. The van der Waals surface area contributed by atoms with Crippen LogP contribution in [0.3, 0.4) is 0 Å². The second-order valence-electron chi connectivity index (χ2n) is 5.61. The van der Waals surface area contributed by atoms with E-state index in [1.54, 1.807) is 5.32 Å². The first-order valence-electron chi connectivity index (χ1n) is 7.06. The Morgan fingerprint density at radius 1 is 1.26 bits per heavy atom. The molecular formula is C14H21N3O5S. The van der Waals surface area contributed by atoms with Gasteiger partial charge in [-0.25, -0.2) is 13.6 Å². The molecule has 9 heteroatoms. The van der Waals surface area contributed by atoms with Crippen LogP contribution in [0.5, 0.6) is 0 Å². The monoisotopic (exact) mass is 343 g/mol. The molecular weight excluding hydrogens is 322 g/mol. The number of carbonyl (C=O) groups excluding carboxylic acids is 2. The summed E-state index contributed by atoms with van der Waals surface area (Å²) >= 11 is 0. The van der Waals surface area contributed by atoms with Gasteiger partial charge in [0.15, 0.2) is 0 Å². The van der Waals surface area contributed by atoms with E-state index in [-0.39, 0.29) is 17.2 Å². The van der Waals surface area contributed by atoms with Crippen LogP contribution in [0.2, 0.25) is 0 Å². The smallest absolute Gasteiger partial charge is 0.238 e. The molecule has 0 heterocycles. The van der Waals surface area contributed by atoms with Crippen molar-refractivity contribution < 1.29 is 28.4 Å². The first kappa shape index (κ1) is 19.1. The Labute approximate surface area is 135 Å². The molecule has 0 unspecified atom stereocenters. The number of rotatable bonds is 8. The van der Waals surface area contributed by atoms with E-state index in [4.69, 9.17) is 5.14 Å². The molecule has 0 spiro atoms. The van der Waals surface area contributed by atoms with Gasteiger partial charge in [0.1, 0.15) is 6.04 Å². The number of nitrogens with one attached hydrogen (secondary N) is 1. The molecule has 0 aromatic heterocycles.